The minimum absolute atomic E-state index is 0.125. The molecule has 4 nitrogen and oxygen atoms in total. The summed E-state index contributed by atoms with van der Waals surface area (Å²) in [4.78, 5) is 4.90. The van der Waals surface area contributed by atoms with Crippen molar-refractivity contribution < 1.29 is 9.84 Å². The van der Waals surface area contributed by atoms with Gasteiger partial charge in [0.1, 0.15) is 18.5 Å². The van der Waals surface area contributed by atoms with E-state index < -0.39 is 6.10 Å². The average Bonchev–Trinajstić information content (AvgIpc) is 2.85. The highest BCUT2D eigenvalue weighted by Crippen LogP contribution is 2.29. The van der Waals surface area contributed by atoms with Gasteiger partial charge in [0.15, 0.2) is 0 Å². The van der Waals surface area contributed by atoms with E-state index in [4.69, 9.17) is 4.74 Å². The van der Waals surface area contributed by atoms with Gasteiger partial charge in [0.2, 0.25) is 0 Å². The zero-order chi connectivity index (χ0) is 24.0. The normalized spacial score (nSPS) is 16.5. The van der Waals surface area contributed by atoms with Crippen LogP contribution >= 0.6 is 0 Å². The number of ether oxygens (including phenoxy) is 1. The summed E-state index contributed by atoms with van der Waals surface area (Å²) in [6, 6.07) is 30.0. The molecule has 0 aliphatic carbocycles. The number of piperazine rings is 1. The molecule has 1 N–H and O–H groups in total. The molecule has 0 amide bonds. The van der Waals surface area contributed by atoms with Crippen molar-refractivity contribution in [3.05, 3.63) is 102 Å². The maximum absolute atomic E-state index is 10.6. The van der Waals surface area contributed by atoms with Crippen LogP contribution in [0.5, 0.6) is 5.75 Å². The Bertz CT molecular complexity index is 952. The van der Waals surface area contributed by atoms with Gasteiger partial charge in [-0.15, -0.1) is 0 Å². The van der Waals surface area contributed by atoms with Crippen LogP contribution in [0.1, 0.15) is 43.5 Å². The van der Waals surface area contributed by atoms with E-state index in [-0.39, 0.29) is 11.5 Å². The van der Waals surface area contributed by atoms with Crippen LogP contribution in [0.15, 0.2) is 84.9 Å². The van der Waals surface area contributed by atoms with E-state index in [0.29, 0.717) is 13.2 Å². The molecule has 4 heteroatoms. The lowest BCUT2D eigenvalue weighted by molar-refractivity contribution is 0.0401. The van der Waals surface area contributed by atoms with Crippen molar-refractivity contribution in [3.8, 4) is 5.75 Å². The van der Waals surface area contributed by atoms with Crippen molar-refractivity contribution in [2.75, 3.05) is 39.3 Å². The van der Waals surface area contributed by atoms with E-state index >= 15 is 0 Å². The maximum Gasteiger partial charge on any atom is 0.119 e. The lowest BCUT2D eigenvalue weighted by Gasteiger charge is -2.40. The second-order valence-electron chi connectivity index (χ2n) is 10.3. The largest absolute Gasteiger partial charge is 0.491 e. The topological polar surface area (TPSA) is 35.9 Å². The molecule has 180 valence electrons. The van der Waals surface area contributed by atoms with Crippen molar-refractivity contribution in [2.24, 2.45) is 0 Å². The number of aliphatic hydroxyl groups excluding tert-OH is 1. The predicted octanol–water partition coefficient (Wildman–Crippen LogP) is 5.13. The summed E-state index contributed by atoms with van der Waals surface area (Å²) in [6.07, 6.45) is -0.507. The van der Waals surface area contributed by atoms with Crippen molar-refractivity contribution in [1.82, 2.24) is 9.80 Å². The molecule has 1 aliphatic rings. The first-order valence-electron chi connectivity index (χ1n) is 12.4. The third-order valence-electron chi connectivity index (χ3n) is 6.63. The van der Waals surface area contributed by atoms with Crippen LogP contribution in [0.2, 0.25) is 0 Å². The van der Waals surface area contributed by atoms with E-state index in [2.05, 4.69) is 103 Å². The SMILES string of the molecule is CC(C)(C)c1ccc(OC[C@@H](O)CN2CCN(C(c3ccccc3)c3ccccc3)CC2)cc1. The smallest absolute Gasteiger partial charge is 0.119 e. The van der Waals surface area contributed by atoms with E-state index in [1.807, 2.05) is 12.1 Å². The molecule has 1 atom stereocenters. The molecule has 3 aromatic carbocycles. The summed E-state index contributed by atoms with van der Waals surface area (Å²) < 4.78 is 5.86. The molecule has 1 heterocycles. The van der Waals surface area contributed by atoms with Gasteiger partial charge in [-0.25, -0.2) is 0 Å². The second-order valence-corrected chi connectivity index (χ2v) is 10.3. The Morgan fingerprint density at radius 1 is 0.765 bits per heavy atom. The molecule has 0 unspecified atom stereocenters. The Balaban J connectivity index is 1.29. The van der Waals surface area contributed by atoms with E-state index in [1.54, 1.807) is 0 Å². The first-order valence-corrected chi connectivity index (χ1v) is 12.4. The van der Waals surface area contributed by atoms with Crippen molar-refractivity contribution in [3.63, 3.8) is 0 Å². The number of benzene rings is 3. The monoisotopic (exact) mass is 458 g/mol. The fraction of sp³-hybridized carbons (Fsp3) is 0.400. The summed E-state index contributed by atoms with van der Waals surface area (Å²) in [5.74, 6) is 0.811. The number of hydrogen-bond donors (Lipinski definition) is 1. The molecular formula is C30H38N2O2. The second kappa shape index (κ2) is 11.2. The fourth-order valence-corrected chi connectivity index (χ4v) is 4.68. The Labute approximate surface area is 204 Å². The zero-order valence-corrected chi connectivity index (χ0v) is 20.7. The molecule has 1 aliphatic heterocycles. The van der Waals surface area contributed by atoms with Crippen LogP contribution in [0, 0.1) is 0 Å². The molecule has 0 saturated carbocycles. The maximum atomic E-state index is 10.6. The number of rotatable bonds is 8. The molecule has 0 spiro atoms. The van der Waals surface area contributed by atoms with Gasteiger partial charge in [-0.3, -0.25) is 9.80 Å². The quantitative estimate of drug-likeness (QED) is 0.508. The number of hydrogen-bond acceptors (Lipinski definition) is 4. The van der Waals surface area contributed by atoms with Gasteiger partial charge >= 0.3 is 0 Å². The Morgan fingerprint density at radius 3 is 1.79 bits per heavy atom. The van der Waals surface area contributed by atoms with Gasteiger partial charge in [-0.2, -0.15) is 0 Å². The third-order valence-corrected chi connectivity index (χ3v) is 6.63. The molecule has 3 aromatic rings. The Morgan fingerprint density at radius 2 is 1.29 bits per heavy atom. The molecular weight excluding hydrogens is 420 g/mol. The molecule has 1 fully saturated rings. The zero-order valence-electron chi connectivity index (χ0n) is 20.7. The van der Waals surface area contributed by atoms with Crippen LogP contribution < -0.4 is 4.74 Å². The van der Waals surface area contributed by atoms with Crippen LogP contribution in [-0.2, 0) is 5.41 Å². The molecule has 1 saturated heterocycles. The van der Waals surface area contributed by atoms with Gasteiger partial charge in [-0.1, -0.05) is 93.6 Å². The minimum Gasteiger partial charge on any atom is -0.491 e. The first kappa shape index (κ1) is 24.5. The Hall–Kier alpha value is -2.66. The fourth-order valence-electron chi connectivity index (χ4n) is 4.68. The van der Waals surface area contributed by atoms with E-state index in [0.717, 1.165) is 31.9 Å². The number of nitrogens with zero attached hydrogens (tertiary/aromatic N) is 2. The molecule has 0 radical (unpaired) electrons. The first-order chi connectivity index (χ1) is 16.4. The average molecular weight is 459 g/mol. The van der Waals surface area contributed by atoms with E-state index in [1.165, 1.54) is 16.7 Å². The van der Waals surface area contributed by atoms with Crippen LogP contribution in [0.4, 0.5) is 0 Å². The number of aliphatic hydroxyl groups is 1. The standard InChI is InChI=1S/C30H38N2O2/c1-30(2,3)26-14-16-28(17-15-26)34-23-27(33)22-31-18-20-32(21-19-31)29(24-10-6-4-7-11-24)25-12-8-5-9-13-25/h4-17,27,29,33H,18-23H2,1-3H3/t27-/m0/s1. The highest BCUT2D eigenvalue weighted by atomic mass is 16.5. The lowest BCUT2D eigenvalue weighted by Crippen LogP contribution is -2.50. The van der Waals surface area contributed by atoms with Crippen LogP contribution in [0.3, 0.4) is 0 Å². The lowest BCUT2D eigenvalue weighted by atomic mass is 9.87. The highest BCUT2D eigenvalue weighted by Gasteiger charge is 2.27. The predicted molar refractivity (Wildman–Crippen MR) is 139 cm³/mol. The summed E-state index contributed by atoms with van der Waals surface area (Å²) in [7, 11) is 0. The molecule has 4 rings (SSSR count). The van der Waals surface area contributed by atoms with Crippen molar-refractivity contribution in [1.29, 1.82) is 0 Å². The van der Waals surface area contributed by atoms with Gasteiger partial charge in [0, 0.05) is 32.7 Å². The van der Waals surface area contributed by atoms with Gasteiger partial charge in [0.25, 0.3) is 0 Å². The molecule has 0 bridgehead atoms. The molecule has 0 aromatic heterocycles. The van der Waals surface area contributed by atoms with Gasteiger partial charge in [-0.05, 0) is 34.2 Å². The van der Waals surface area contributed by atoms with Gasteiger partial charge < -0.3 is 9.84 Å². The van der Waals surface area contributed by atoms with Crippen molar-refractivity contribution >= 4 is 0 Å². The summed E-state index contributed by atoms with van der Waals surface area (Å²) in [5.41, 5.74) is 4.06. The molecule has 34 heavy (non-hydrogen) atoms. The summed E-state index contributed by atoms with van der Waals surface area (Å²) >= 11 is 0. The van der Waals surface area contributed by atoms with Crippen molar-refractivity contribution in [2.45, 2.75) is 38.3 Å². The van der Waals surface area contributed by atoms with E-state index in [9.17, 15) is 5.11 Å². The third kappa shape index (κ3) is 6.47. The van der Waals surface area contributed by atoms with Crippen LogP contribution in [0.25, 0.3) is 0 Å². The van der Waals surface area contributed by atoms with Gasteiger partial charge in [0.05, 0.1) is 6.04 Å². The summed E-state index contributed by atoms with van der Waals surface area (Å²) in [6.45, 7) is 11.4. The Kier molecular flexibility index (Phi) is 8.04. The van der Waals surface area contributed by atoms with Crippen LogP contribution in [-0.4, -0.2) is 60.3 Å². The minimum atomic E-state index is -0.507. The summed E-state index contributed by atoms with van der Waals surface area (Å²) in [5, 5.41) is 10.6. The number of β-amino-alcohol motifs (C(OH)–C–C–N with tert-alkyl or cyclic N) is 1. The highest BCUT2D eigenvalue weighted by molar-refractivity contribution is 5.32.